The predicted octanol–water partition coefficient (Wildman–Crippen LogP) is 1.73. The molecule has 2 N–H and O–H groups in total. The highest BCUT2D eigenvalue weighted by molar-refractivity contribution is 5.48. The zero-order valence-electron chi connectivity index (χ0n) is 6.53. The van der Waals surface area contributed by atoms with Crippen LogP contribution in [-0.4, -0.2) is 6.61 Å². The summed E-state index contributed by atoms with van der Waals surface area (Å²) in [5.74, 6) is 4.55. The third kappa shape index (κ3) is 2.82. The van der Waals surface area contributed by atoms with Crippen molar-refractivity contribution >= 4 is 6.08 Å². The van der Waals surface area contributed by atoms with Crippen LogP contribution < -0.4 is 5.90 Å². The van der Waals surface area contributed by atoms with Gasteiger partial charge in [0.05, 0.1) is 6.61 Å². The number of rotatable bonds is 3. The van der Waals surface area contributed by atoms with Crippen molar-refractivity contribution in [1.29, 1.82) is 0 Å². The van der Waals surface area contributed by atoms with Gasteiger partial charge in [0.2, 0.25) is 0 Å². The molecule has 64 valence electrons. The summed E-state index contributed by atoms with van der Waals surface area (Å²) in [7, 11) is 0. The van der Waals surface area contributed by atoms with Crippen molar-refractivity contribution in [2.24, 2.45) is 5.90 Å². The summed E-state index contributed by atoms with van der Waals surface area (Å²) in [6, 6.07) is 6.29. The maximum Gasteiger partial charge on any atom is 0.123 e. The van der Waals surface area contributed by atoms with E-state index in [-0.39, 0.29) is 5.82 Å². The molecule has 0 amide bonds. The standard InChI is InChI=1S/C9H10FNO/c10-9-5-1-3-8(7-9)4-2-6-12-11/h1-5,7H,6,11H2. The van der Waals surface area contributed by atoms with Gasteiger partial charge in [-0.05, 0) is 17.7 Å². The largest absolute Gasteiger partial charge is 0.300 e. The van der Waals surface area contributed by atoms with Crippen LogP contribution in [0.25, 0.3) is 6.08 Å². The fourth-order valence-corrected chi connectivity index (χ4v) is 0.850. The van der Waals surface area contributed by atoms with Crippen molar-refractivity contribution in [2.75, 3.05) is 6.61 Å². The van der Waals surface area contributed by atoms with Crippen LogP contribution in [-0.2, 0) is 4.84 Å². The average molecular weight is 167 g/mol. The Labute approximate surface area is 70.4 Å². The lowest BCUT2D eigenvalue weighted by Gasteiger charge is -1.92. The lowest BCUT2D eigenvalue weighted by atomic mass is 10.2. The molecule has 0 atom stereocenters. The molecule has 0 spiro atoms. The number of nitrogens with two attached hydrogens (primary N) is 1. The zero-order valence-corrected chi connectivity index (χ0v) is 6.53. The Morgan fingerprint density at radius 2 is 2.33 bits per heavy atom. The van der Waals surface area contributed by atoms with Crippen molar-refractivity contribution < 1.29 is 9.23 Å². The molecule has 1 aromatic carbocycles. The molecular weight excluding hydrogens is 157 g/mol. The third-order valence-electron chi connectivity index (χ3n) is 1.35. The van der Waals surface area contributed by atoms with E-state index in [1.807, 2.05) is 0 Å². The van der Waals surface area contributed by atoms with Crippen LogP contribution >= 0.6 is 0 Å². The number of hydrogen-bond donors (Lipinski definition) is 1. The minimum absolute atomic E-state index is 0.245. The number of halogens is 1. The molecule has 0 saturated heterocycles. The van der Waals surface area contributed by atoms with Crippen LogP contribution in [0, 0.1) is 5.82 Å². The monoisotopic (exact) mass is 167 g/mol. The molecule has 1 rings (SSSR count). The number of benzene rings is 1. The van der Waals surface area contributed by atoms with Gasteiger partial charge in [-0.2, -0.15) is 0 Å². The predicted molar refractivity (Wildman–Crippen MR) is 45.6 cm³/mol. The molecule has 12 heavy (non-hydrogen) atoms. The first-order valence-corrected chi connectivity index (χ1v) is 3.56. The van der Waals surface area contributed by atoms with Gasteiger partial charge in [0.15, 0.2) is 0 Å². The molecule has 0 fully saturated rings. The van der Waals surface area contributed by atoms with Gasteiger partial charge in [-0.3, -0.25) is 0 Å². The Morgan fingerprint density at radius 3 is 3.00 bits per heavy atom. The lowest BCUT2D eigenvalue weighted by molar-refractivity contribution is 0.168. The van der Waals surface area contributed by atoms with Gasteiger partial charge in [-0.25, -0.2) is 10.3 Å². The first kappa shape index (κ1) is 8.90. The highest BCUT2D eigenvalue weighted by atomic mass is 19.1. The minimum Gasteiger partial charge on any atom is -0.300 e. The minimum atomic E-state index is -0.245. The molecule has 3 heteroatoms. The van der Waals surface area contributed by atoms with E-state index in [4.69, 9.17) is 5.90 Å². The molecule has 0 aliphatic carbocycles. The molecule has 0 aromatic heterocycles. The maximum atomic E-state index is 12.6. The summed E-state index contributed by atoms with van der Waals surface area (Å²) in [6.45, 7) is 0.330. The molecular formula is C9H10FNO. The van der Waals surface area contributed by atoms with Gasteiger partial charge in [0.1, 0.15) is 5.82 Å². The first-order valence-electron chi connectivity index (χ1n) is 3.56. The van der Waals surface area contributed by atoms with E-state index in [9.17, 15) is 4.39 Å². The Morgan fingerprint density at radius 1 is 1.50 bits per heavy atom. The first-order chi connectivity index (χ1) is 5.83. The van der Waals surface area contributed by atoms with Crippen molar-refractivity contribution in [3.63, 3.8) is 0 Å². The number of hydrogen-bond acceptors (Lipinski definition) is 2. The van der Waals surface area contributed by atoms with E-state index in [0.29, 0.717) is 6.61 Å². The van der Waals surface area contributed by atoms with Crippen molar-refractivity contribution in [1.82, 2.24) is 0 Å². The smallest absolute Gasteiger partial charge is 0.123 e. The van der Waals surface area contributed by atoms with Crippen LogP contribution in [0.5, 0.6) is 0 Å². The van der Waals surface area contributed by atoms with E-state index in [2.05, 4.69) is 4.84 Å². The summed E-state index contributed by atoms with van der Waals surface area (Å²) in [5.41, 5.74) is 0.798. The maximum absolute atomic E-state index is 12.6. The van der Waals surface area contributed by atoms with Gasteiger partial charge in [-0.1, -0.05) is 24.3 Å². The summed E-state index contributed by atoms with van der Waals surface area (Å²) in [4.78, 5) is 4.31. The third-order valence-corrected chi connectivity index (χ3v) is 1.35. The topological polar surface area (TPSA) is 35.2 Å². The van der Waals surface area contributed by atoms with Gasteiger partial charge in [0, 0.05) is 0 Å². The van der Waals surface area contributed by atoms with Crippen LogP contribution in [0.4, 0.5) is 4.39 Å². The average Bonchev–Trinajstić information content (AvgIpc) is 2.05. The van der Waals surface area contributed by atoms with E-state index >= 15 is 0 Å². The normalized spacial score (nSPS) is 10.8. The van der Waals surface area contributed by atoms with Crippen molar-refractivity contribution in [3.8, 4) is 0 Å². The molecule has 0 aliphatic heterocycles. The Balaban J connectivity index is 2.63. The van der Waals surface area contributed by atoms with Gasteiger partial charge in [-0.15, -0.1) is 0 Å². The van der Waals surface area contributed by atoms with Gasteiger partial charge < -0.3 is 4.84 Å². The fourth-order valence-electron chi connectivity index (χ4n) is 0.850. The van der Waals surface area contributed by atoms with Crippen molar-refractivity contribution in [3.05, 3.63) is 41.7 Å². The summed E-state index contributed by atoms with van der Waals surface area (Å²) in [5, 5.41) is 0. The molecule has 0 radical (unpaired) electrons. The van der Waals surface area contributed by atoms with E-state index in [1.165, 1.54) is 12.1 Å². The quantitative estimate of drug-likeness (QED) is 0.696. The molecule has 0 heterocycles. The second-order valence-corrected chi connectivity index (χ2v) is 2.29. The molecule has 0 bridgehead atoms. The second kappa shape index (κ2) is 4.64. The summed E-state index contributed by atoms with van der Waals surface area (Å²) >= 11 is 0. The summed E-state index contributed by atoms with van der Waals surface area (Å²) < 4.78 is 12.6. The molecule has 0 unspecified atom stereocenters. The summed E-state index contributed by atoms with van der Waals surface area (Å²) in [6.07, 6.45) is 3.46. The van der Waals surface area contributed by atoms with E-state index < -0.39 is 0 Å². The molecule has 0 aliphatic rings. The molecule has 1 aromatic rings. The highest BCUT2D eigenvalue weighted by Crippen LogP contribution is 2.04. The Bertz CT molecular complexity index is 273. The Hall–Kier alpha value is -1.19. The van der Waals surface area contributed by atoms with Crippen LogP contribution in [0.1, 0.15) is 5.56 Å². The van der Waals surface area contributed by atoms with Crippen LogP contribution in [0.15, 0.2) is 30.3 Å². The SMILES string of the molecule is NOCC=Cc1cccc(F)c1. The zero-order chi connectivity index (χ0) is 8.81. The second-order valence-electron chi connectivity index (χ2n) is 2.29. The van der Waals surface area contributed by atoms with Crippen LogP contribution in [0.3, 0.4) is 0 Å². The fraction of sp³-hybridized carbons (Fsp3) is 0.111. The van der Waals surface area contributed by atoms with Crippen LogP contribution in [0.2, 0.25) is 0 Å². The van der Waals surface area contributed by atoms with Gasteiger partial charge >= 0.3 is 0 Å². The highest BCUT2D eigenvalue weighted by Gasteiger charge is 1.88. The van der Waals surface area contributed by atoms with Gasteiger partial charge in [0.25, 0.3) is 0 Å². The molecule has 0 saturated carbocycles. The van der Waals surface area contributed by atoms with Crippen molar-refractivity contribution in [2.45, 2.75) is 0 Å². The van der Waals surface area contributed by atoms with E-state index in [1.54, 1.807) is 24.3 Å². The van der Waals surface area contributed by atoms with E-state index in [0.717, 1.165) is 5.56 Å². The lowest BCUT2D eigenvalue weighted by Crippen LogP contribution is -1.96. The molecule has 2 nitrogen and oxygen atoms in total. The Kier molecular flexibility index (Phi) is 3.44.